The van der Waals surface area contributed by atoms with Crippen LogP contribution in [0.25, 0.3) is 22.6 Å². The van der Waals surface area contributed by atoms with Crippen molar-refractivity contribution in [2.24, 2.45) is 19.8 Å². The minimum atomic E-state index is -0.730. The smallest absolute Gasteiger partial charge is 0.349 e. The van der Waals surface area contributed by atoms with Crippen LogP contribution in [0.5, 0.6) is 0 Å². The first kappa shape index (κ1) is 34.3. The number of carbonyl (C=O) groups excluding carboxylic acids is 3. The molecule has 4 heterocycles. The maximum Gasteiger partial charge on any atom is 0.349 e. The lowest BCUT2D eigenvalue weighted by Gasteiger charge is -2.17. The number of nitrogens with one attached hydrogen (secondary N) is 5. The molecule has 256 valence electrons. The Balaban J connectivity index is 1.15. The van der Waals surface area contributed by atoms with Gasteiger partial charge in [-0.15, -0.1) is 0 Å². The van der Waals surface area contributed by atoms with Gasteiger partial charge in [-0.1, -0.05) is 6.42 Å². The fraction of sp³-hybridized carbons (Fsp3) is 0.333. The molecule has 16 nitrogen and oxygen atoms in total. The Morgan fingerprint density at radius 2 is 1.51 bits per heavy atom. The summed E-state index contributed by atoms with van der Waals surface area (Å²) in [6.45, 7) is 4.65. The number of hydrogen-bond donors (Lipinski definition) is 6. The van der Waals surface area contributed by atoms with Crippen molar-refractivity contribution in [3.8, 4) is 11.5 Å². The Morgan fingerprint density at radius 1 is 0.857 bits per heavy atom. The Morgan fingerprint density at radius 3 is 2.20 bits per heavy atom. The number of amides is 3. The molecule has 0 radical (unpaired) electrons. The van der Waals surface area contributed by atoms with E-state index in [2.05, 4.69) is 30.9 Å². The van der Waals surface area contributed by atoms with Gasteiger partial charge in [-0.3, -0.25) is 29.6 Å². The number of H-pyrrole nitrogens is 1. The lowest BCUT2D eigenvalue weighted by molar-refractivity contribution is -0.116. The number of benzene rings is 1. The number of aromatic nitrogens is 6. The Hall–Kier alpha value is -6.06. The molecule has 49 heavy (non-hydrogen) atoms. The number of aromatic amines is 1. The second-order valence-corrected chi connectivity index (χ2v) is 12.0. The Labute approximate surface area is 280 Å². The summed E-state index contributed by atoms with van der Waals surface area (Å²) >= 11 is 0. The molecule has 0 bridgehead atoms. The van der Waals surface area contributed by atoms with Crippen LogP contribution >= 0.6 is 0 Å². The molecule has 16 heteroatoms. The monoisotopic (exact) mass is 669 g/mol. The van der Waals surface area contributed by atoms with E-state index in [1.54, 1.807) is 47.8 Å². The normalized spacial score (nSPS) is 11.2. The predicted molar refractivity (Wildman–Crippen MR) is 185 cm³/mol. The number of aryl methyl sites for hydroxylation is 5. The number of nitrogens with zero attached hydrogens (tertiary/aromatic N) is 5. The summed E-state index contributed by atoms with van der Waals surface area (Å²) in [5, 5.41) is 15.6. The van der Waals surface area contributed by atoms with Crippen LogP contribution in [0.15, 0.2) is 46.2 Å². The minimum absolute atomic E-state index is 0.0257. The molecule has 0 saturated heterocycles. The third kappa shape index (κ3) is 7.91. The average molecular weight is 670 g/mol. The number of amidine groups is 1. The minimum Gasteiger partial charge on any atom is -0.388 e. The van der Waals surface area contributed by atoms with E-state index >= 15 is 0 Å². The van der Waals surface area contributed by atoms with Gasteiger partial charge < -0.3 is 35.4 Å². The SMILES string of the molecule is Cc1cc2nc3c(=O)[nH]c(=O)nc-3n(CCCCCC(=O)Nc3cc(C(=O)Nc4cc(C(=O)NCCC(=N)N)n(C)c4)n(C)c3)c2cc1C. The zero-order valence-electron chi connectivity index (χ0n) is 27.8. The third-order valence-corrected chi connectivity index (χ3v) is 8.21. The highest BCUT2D eigenvalue weighted by atomic mass is 16.2. The van der Waals surface area contributed by atoms with Gasteiger partial charge in [0, 0.05) is 52.4 Å². The van der Waals surface area contributed by atoms with Gasteiger partial charge in [0.05, 0.1) is 28.2 Å². The van der Waals surface area contributed by atoms with Gasteiger partial charge in [-0.25, -0.2) is 9.78 Å². The first-order chi connectivity index (χ1) is 23.3. The molecule has 3 aromatic rings. The van der Waals surface area contributed by atoms with Gasteiger partial charge in [0.2, 0.25) is 5.91 Å². The molecular formula is C33H39N11O5. The molecular weight excluding hydrogens is 630 g/mol. The Bertz CT molecular complexity index is 2170. The summed E-state index contributed by atoms with van der Waals surface area (Å²) in [5.74, 6) is -0.781. The molecule has 0 atom stereocenters. The predicted octanol–water partition coefficient (Wildman–Crippen LogP) is 2.39. The van der Waals surface area contributed by atoms with Crippen LogP contribution in [0.4, 0.5) is 11.4 Å². The van der Waals surface area contributed by atoms with Gasteiger partial charge in [-0.2, -0.15) is 4.98 Å². The van der Waals surface area contributed by atoms with Crippen LogP contribution in [0, 0.1) is 19.3 Å². The standard InChI is InChI=1S/C33H39N11O5/c1-18-12-22-23(13-19(18)2)44(29-28(39-22)32(48)41-33(49)40-29)11-7-5-6-8-27(45)37-20-14-25(43(4)16-20)31(47)38-21-15-24(42(3)17-21)30(46)36-10-9-26(34)35/h12-17H,5-11H2,1-4H3,(H3,34,35)(H,36,46)(H,37,45)(H,38,47)(H,41,48,49). The summed E-state index contributed by atoms with van der Waals surface area (Å²) in [6, 6.07) is 7.00. The fourth-order valence-corrected chi connectivity index (χ4v) is 5.55. The van der Waals surface area contributed by atoms with Gasteiger partial charge in [-0.05, 0) is 62.1 Å². The van der Waals surface area contributed by atoms with Crippen molar-refractivity contribution in [1.82, 2.24) is 34.0 Å². The highest BCUT2D eigenvalue weighted by molar-refractivity contribution is 6.05. The van der Waals surface area contributed by atoms with Crippen LogP contribution < -0.4 is 32.9 Å². The zero-order chi connectivity index (χ0) is 35.4. The number of anilines is 2. The zero-order valence-corrected chi connectivity index (χ0v) is 27.8. The number of nitrogens with two attached hydrogens (primary N) is 1. The van der Waals surface area contributed by atoms with Crippen molar-refractivity contribution in [2.45, 2.75) is 52.5 Å². The van der Waals surface area contributed by atoms with Crippen molar-refractivity contribution >= 4 is 46.0 Å². The summed E-state index contributed by atoms with van der Waals surface area (Å²) in [7, 11) is 3.37. The number of unbranched alkanes of at least 4 members (excludes halogenated alkanes) is 2. The fourth-order valence-electron chi connectivity index (χ4n) is 5.55. The number of hydrogen-bond acceptors (Lipinski definition) is 8. The summed E-state index contributed by atoms with van der Waals surface area (Å²) in [5.41, 5.74) is 9.12. The van der Waals surface area contributed by atoms with Gasteiger partial charge in [0.15, 0.2) is 11.5 Å². The van der Waals surface area contributed by atoms with Crippen molar-refractivity contribution in [2.75, 3.05) is 17.2 Å². The van der Waals surface area contributed by atoms with Crippen LogP contribution in [0.1, 0.15) is 64.2 Å². The van der Waals surface area contributed by atoms with Crippen molar-refractivity contribution < 1.29 is 14.4 Å². The second-order valence-electron chi connectivity index (χ2n) is 12.0. The molecule has 0 aliphatic carbocycles. The van der Waals surface area contributed by atoms with Crippen molar-refractivity contribution in [1.29, 1.82) is 5.41 Å². The summed E-state index contributed by atoms with van der Waals surface area (Å²) in [4.78, 5) is 73.5. The van der Waals surface area contributed by atoms with Crippen LogP contribution in [0.3, 0.4) is 0 Å². The molecule has 0 fully saturated rings. The Kier molecular flexibility index (Phi) is 10.1. The molecule has 0 unspecified atom stereocenters. The average Bonchev–Trinajstić information content (AvgIpc) is 3.58. The molecule has 3 amide bonds. The van der Waals surface area contributed by atoms with E-state index in [0.717, 1.165) is 16.6 Å². The molecule has 5 rings (SSSR count). The van der Waals surface area contributed by atoms with Crippen LogP contribution in [0.2, 0.25) is 0 Å². The molecule has 0 spiro atoms. The lowest BCUT2D eigenvalue weighted by atomic mass is 10.1. The van der Waals surface area contributed by atoms with Gasteiger partial charge >= 0.3 is 5.69 Å². The van der Waals surface area contributed by atoms with Gasteiger partial charge in [0.1, 0.15) is 11.4 Å². The molecule has 2 aliphatic rings. The molecule has 0 saturated carbocycles. The van der Waals surface area contributed by atoms with Crippen molar-refractivity contribution in [3.63, 3.8) is 0 Å². The number of fused-ring (bicyclic) bond motifs is 2. The van der Waals surface area contributed by atoms with E-state index in [4.69, 9.17) is 11.1 Å². The van der Waals surface area contributed by atoms with E-state index < -0.39 is 17.2 Å². The van der Waals surface area contributed by atoms with E-state index in [-0.39, 0.29) is 48.6 Å². The maximum absolute atomic E-state index is 13.0. The first-order valence-electron chi connectivity index (χ1n) is 15.8. The largest absolute Gasteiger partial charge is 0.388 e. The second kappa shape index (κ2) is 14.4. The van der Waals surface area contributed by atoms with Crippen LogP contribution in [-0.2, 0) is 25.4 Å². The van der Waals surface area contributed by atoms with Crippen LogP contribution in [-0.4, -0.2) is 58.8 Å². The first-order valence-corrected chi connectivity index (χ1v) is 15.8. The maximum atomic E-state index is 13.0. The van der Waals surface area contributed by atoms with Gasteiger partial charge in [0.25, 0.3) is 17.4 Å². The van der Waals surface area contributed by atoms with E-state index in [1.807, 2.05) is 30.5 Å². The molecule has 2 aromatic heterocycles. The van der Waals surface area contributed by atoms with E-state index in [1.165, 1.54) is 0 Å². The third-order valence-electron chi connectivity index (χ3n) is 8.21. The highest BCUT2D eigenvalue weighted by Crippen LogP contribution is 2.25. The van der Waals surface area contributed by atoms with E-state index in [0.29, 0.717) is 54.1 Å². The van der Waals surface area contributed by atoms with E-state index in [9.17, 15) is 24.0 Å². The quantitative estimate of drug-likeness (QED) is 0.0471. The topological polar surface area (TPSA) is 228 Å². The summed E-state index contributed by atoms with van der Waals surface area (Å²) in [6.07, 6.45) is 5.69. The molecule has 1 aromatic carbocycles. The number of rotatable bonds is 13. The summed E-state index contributed by atoms with van der Waals surface area (Å²) < 4.78 is 5.02. The highest BCUT2D eigenvalue weighted by Gasteiger charge is 2.20. The number of carbonyl (C=O) groups is 3. The van der Waals surface area contributed by atoms with Crippen molar-refractivity contribution in [3.05, 3.63) is 80.0 Å². The lowest BCUT2D eigenvalue weighted by Crippen LogP contribution is -2.29. The molecule has 2 aliphatic heterocycles. The molecule has 7 N–H and O–H groups in total.